The highest BCUT2D eigenvalue weighted by molar-refractivity contribution is 7.99. The molecule has 0 aliphatic rings. The molecule has 0 saturated carbocycles. The first kappa shape index (κ1) is 13.3. The first-order chi connectivity index (χ1) is 7.72. The van der Waals surface area contributed by atoms with Crippen LogP contribution in [0.3, 0.4) is 0 Å². The van der Waals surface area contributed by atoms with Gasteiger partial charge in [0, 0.05) is 12.6 Å². The molecular formula is C12H21N3S. The third-order valence-electron chi connectivity index (χ3n) is 2.14. The zero-order chi connectivity index (χ0) is 11.8. The molecule has 1 N–H and O–H groups in total. The fraction of sp³-hybridized carbons (Fsp3) is 0.667. The molecule has 1 rings (SSSR count). The molecule has 1 aromatic heterocycles. The average Bonchev–Trinajstić information content (AvgIpc) is 2.26. The van der Waals surface area contributed by atoms with Crippen LogP contribution in [0.4, 0.5) is 5.82 Å². The summed E-state index contributed by atoms with van der Waals surface area (Å²) in [4.78, 5) is 8.44. The highest BCUT2D eigenvalue weighted by atomic mass is 32.2. The number of hydrogen-bond donors (Lipinski definition) is 1. The van der Waals surface area contributed by atoms with Gasteiger partial charge in [-0.1, -0.05) is 20.8 Å². The summed E-state index contributed by atoms with van der Waals surface area (Å²) in [6.07, 6.45) is 3.97. The Labute approximate surface area is 102 Å². The SMILES string of the molecule is CCCNc1cc(SCCC(C)C)ncn1. The summed E-state index contributed by atoms with van der Waals surface area (Å²) in [5.41, 5.74) is 0. The predicted octanol–water partition coefficient (Wildman–Crippen LogP) is 3.44. The van der Waals surface area contributed by atoms with Gasteiger partial charge >= 0.3 is 0 Å². The van der Waals surface area contributed by atoms with Crippen molar-refractivity contribution in [3.05, 3.63) is 12.4 Å². The van der Waals surface area contributed by atoms with Crippen molar-refractivity contribution < 1.29 is 0 Å². The van der Waals surface area contributed by atoms with Gasteiger partial charge in [0.1, 0.15) is 17.2 Å². The predicted molar refractivity (Wildman–Crippen MR) is 71.0 cm³/mol. The maximum absolute atomic E-state index is 4.26. The van der Waals surface area contributed by atoms with Crippen molar-refractivity contribution in [1.29, 1.82) is 0 Å². The Morgan fingerprint density at radius 1 is 1.38 bits per heavy atom. The van der Waals surface area contributed by atoms with Crippen LogP contribution in [-0.2, 0) is 0 Å². The lowest BCUT2D eigenvalue weighted by Crippen LogP contribution is -2.02. The van der Waals surface area contributed by atoms with E-state index >= 15 is 0 Å². The summed E-state index contributed by atoms with van der Waals surface area (Å²) in [5.74, 6) is 2.82. The molecule has 16 heavy (non-hydrogen) atoms. The minimum absolute atomic E-state index is 0.757. The molecule has 0 amide bonds. The maximum atomic E-state index is 4.26. The van der Waals surface area contributed by atoms with Crippen molar-refractivity contribution in [1.82, 2.24) is 9.97 Å². The lowest BCUT2D eigenvalue weighted by molar-refractivity contribution is 0.632. The lowest BCUT2D eigenvalue weighted by atomic mass is 10.2. The summed E-state index contributed by atoms with van der Waals surface area (Å²) < 4.78 is 0. The van der Waals surface area contributed by atoms with Crippen LogP contribution in [0.2, 0.25) is 0 Å². The fourth-order valence-electron chi connectivity index (χ4n) is 1.17. The topological polar surface area (TPSA) is 37.8 Å². The Hall–Kier alpha value is -0.770. The minimum atomic E-state index is 0.757. The Morgan fingerprint density at radius 2 is 2.19 bits per heavy atom. The number of hydrogen-bond acceptors (Lipinski definition) is 4. The van der Waals surface area contributed by atoms with Gasteiger partial charge in [-0.05, 0) is 24.5 Å². The van der Waals surface area contributed by atoms with Crippen molar-refractivity contribution in [2.75, 3.05) is 17.6 Å². The van der Waals surface area contributed by atoms with Gasteiger partial charge < -0.3 is 5.32 Å². The lowest BCUT2D eigenvalue weighted by Gasteiger charge is -2.06. The molecule has 90 valence electrons. The van der Waals surface area contributed by atoms with Gasteiger partial charge in [-0.15, -0.1) is 11.8 Å². The van der Waals surface area contributed by atoms with Crippen LogP contribution >= 0.6 is 11.8 Å². The summed E-state index contributed by atoms with van der Waals surface area (Å²) in [7, 11) is 0. The summed E-state index contributed by atoms with van der Waals surface area (Å²) in [6.45, 7) is 7.60. The summed E-state index contributed by atoms with van der Waals surface area (Å²) in [5, 5.41) is 4.33. The molecule has 1 heterocycles. The second-order valence-corrected chi connectivity index (χ2v) is 5.31. The van der Waals surface area contributed by atoms with E-state index in [1.807, 2.05) is 6.07 Å². The highest BCUT2D eigenvalue weighted by Gasteiger charge is 2.00. The normalized spacial score (nSPS) is 10.8. The van der Waals surface area contributed by atoms with E-state index < -0.39 is 0 Å². The van der Waals surface area contributed by atoms with Crippen LogP contribution < -0.4 is 5.32 Å². The quantitative estimate of drug-likeness (QED) is 0.584. The number of aromatic nitrogens is 2. The van der Waals surface area contributed by atoms with E-state index in [4.69, 9.17) is 0 Å². The molecule has 0 aromatic carbocycles. The van der Waals surface area contributed by atoms with E-state index in [0.29, 0.717) is 0 Å². The molecule has 3 nitrogen and oxygen atoms in total. The number of rotatable bonds is 7. The summed E-state index contributed by atoms with van der Waals surface area (Å²) in [6, 6.07) is 2.03. The van der Waals surface area contributed by atoms with Gasteiger partial charge in [-0.2, -0.15) is 0 Å². The number of nitrogens with zero attached hydrogens (tertiary/aromatic N) is 2. The van der Waals surface area contributed by atoms with E-state index in [1.54, 1.807) is 18.1 Å². The molecule has 0 aliphatic carbocycles. The van der Waals surface area contributed by atoms with E-state index in [0.717, 1.165) is 35.5 Å². The van der Waals surface area contributed by atoms with E-state index in [-0.39, 0.29) is 0 Å². The van der Waals surface area contributed by atoms with Gasteiger partial charge in [-0.25, -0.2) is 9.97 Å². The van der Waals surface area contributed by atoms with E-state index in [2.05, 4.69) is 36.1 Å². The second kappa shape index (κ2) is 7.49. The molecule has 0 fully saturated rings. The molecule has 0 bridgehead atoms. The van der Waals surface area contributed by atoms with Gasteiger partial charge in [0.15, 0.2) is 0 Å². The minimum Gasteiger partial charge on any atom is -0.370 e. The molecule has 0 aliphatic heterocycles. The summed E-state index contributed by atoms with van der Waals surface area (Å²) >= 11 is 1.81. The van der Waals surface area contributed by atoms with Crippen molar-refractivity contribution in [2.24, 2.45) is 5.92 Å². The first-order valence-corrected chi connectivity index (χ1v) is 6.89. The molecule has 0 unspecified atom stereocenters. The smallest absolute Gasteiger partial charge is 0.130 e. The second-order valence-electron chi connectivity index (χ2n) is 4.20. The van der Waals surface area contributed by atoms with Crippen molar-refractivity contribution in [3.63, 3.8) is 0 Å². The standard InChI is InChI=1S/C12H21N3S/c1-4-6-13-11-8-12(15-9-14-11)16-7-5-10(2)3/h8-10H,4-7H2,1-3H3,(H,13,14,15). The number of anilines is 1. The molecule has 0 saturated heterocycles. The molecule has 0 atom stereocenters. The molecule has 0 radical (unpaired) electrons. The average molecular weight is 239 g/mol. The third-order valence-corrected chi connectivity index (χ3v) is 3.10. The Balaban J connectivity index is 2.40. The Kier molecular flexibility index (Phi) is 6.23. The van der Waals surface area contributed by atoms with E-state index in [1.165, 1.54) is 6.42 Å². The van der Waals surface area contributed by atoms with Gasteiger partial charge in [0.05, 0.1) is 0 Å². The number of nitrogens with one attached hydrogen (secondary N) is 1. The Bertz CT molecular complexity index is 302. The molecule has 0 spiro atoms. The fourth-order valence-corrected chi connectivity index (χ4v) is 2.28. The zero-order valence-corrected chi connectivity index (χ0v) is 11.2. The third kappa shape index (κ3) is 5.35. The molecule has 4 heteroatoms. The Morgan fingerprint density at radius 3 is 2.88 bits per heavy atom. The van der Waals surface area contributed by atoms with Crippen LogP contribution in [0.25, 0.3) is 0 Å². The van der Waals surface area contributed by atoms with Crippen LogP contribution in [-0.4, -0.2) is 22.3 Å². The van der Waals surface area contributed by atoms with Crippen molar-refractivity contribution in [3.8, 4) is 0 Å². The van der Waals surface area contributed by atoms with Crippen molar-refractivity contribution >= 4 is 17.6 Å². The van der Waals surface area contributed by atoms with Gasteiger partial charge in [-0.3, -0.25) is 0 Å². The zero-order valence-electron chi connectivity index (χ0n) is 10.4. The molecular weight excluding hydrogens is 218 g/mol. The molecule has 1 aromatic rings. The van der Waals surface area contributed by atoms with Gasteiger partial charge in [0.25, 0.3) is 0 Å². The monoisotopic (exact) mass is 239 g/mol. The highest BCUT2D eigenvalue weighted by Crippen LogP contribution is 2.19. The van der Waals surface area contributed by atoms with Crippen LogP contribution in [0, 0.1) is 5.92 Å². The first-order valence-electron chi connectivity index (χ1n) is 5.91. The maximum Gasteiger partial charge on any atom is 0.130 e. The van der Waals surface area contributed by atoms with Crippen LogP contribution in [0.1, 0.15) is 33.6 Å². The number of thioether (sulfide) groups is 1. The van der Waals surface area contributed by atoms with Crippen LogP contribution in [0.5, 0.6) is 0 Å². The van der Waals surface area contributed by atoms with E-state index in [9.17, 15) is 0 Å². The van der Waals surface area contributed by atoms with Crippen LogP contribution in [0.15, 0.2) is 17.4 Å². The largest absolute Gasteiger partial charge is 0.370 e. The van der Waals surface area contributed by atoms with Crippen molar-refractivity contribution in [2.45, 2.75) is 38.6 Å². The van der Waals surface area contributed by atoms with Gasteiger partial charge in [0.2, 0.25) is 0 Å².